The van der Waals surface area contributed by atoms with E-state index in [9.17, 15) is 13.6 Å². The number of rotatable bonds is 2. The summed E-state index contributed by atoms with van der Waals surface area (Å²) in [4.78, 5) is 18.4. The molecular formula is C27H30F2N2O2S. The fourth-order valence-electron chi connectivity index (χ4n) is 5.27. The monoisotopic (exact) mass is 484 g/mol. The van der Waals surface area contributed by atoms with Gasteiger partial charge in [-0.1, -0.05) is 12.1 Å². The van der Waals surface area contributed by atoms with Gasteiger partial charge in [-0.3, -0.25) is 0 Å². The van der Waals surface area contributed by atoms with Gasteiger partial charge in [0.15, 0.2) is 0 Å². The van der Waals surface area contributed by atoms with E-state index in [-0.39, 0.29) is 17.6 Å². The van der Waals surface area contributed by atoms with Gasteiger partial charge in [-0.25, -0.2) is 13.6 Å². The van der Waals surface area contributed by atoms with Crippen LogP contribution in [-0.2, 0) is 4.74 Å². The van der Waals surface area contributed by atoms with Gasteiger partial charge < -0.3 is 14.5 Å². The first-order valence-electron chi connectivity index (χ1n) is 11.9. The van der Waals surface area contributed by atoms with Crippen LogP contribution in [0, 0.1) is 11.6 Å². The van der Waals surface area contributed by atoms with Gasteiger partial charge in [-0.05, 0) is 80.8 Å². The van der Waals surface area contributed by atoms with Gasteiger partial charge in [0.1, 0.15) is 17.2 Å². The summed E-state index contributed by atoms with van der Waals surface area (Å²) in [6.45, 7) is 7.96. The van der Waals surface area contributed by atoms with Crippen LogP contribution in [0.1, 0.15) is 56.2 Å². The lowest BCUT2D eigenvalue weighted by molar-refractivity contribution is 0.0189. The second kappa shape index (κ2) is 8.91. The van der Waals surface area contributed by atoms with Gasteiger partial charge in [-0.2, -0.15) is 0 Å². The number of thioether (sulfide) groups is 1. The Kier molecular flexibility index (Phi) is 6.09. The molecule has 0 unspecified atom stereocenters. The van der Waals surface area contributed by atoms with Crippen LogP contribution in [0.25, 0.3) is 12.2 Å². The zero-order chi connectivity index (χ0) is 24.0. The van der Waals surface area contributed by atoms with E-state index in [0.29, 0.717) is 19.1 Å². The minimum Gasteiger partial charge on any atom is -0.444 e. The molecular weight excluding hydrogens is 454 g/mol. The molecule has 3 aliphatic heterocycles. The van der Waals surface area contributed by atoms with Crippen molar-refractivity contribution in [2.24, 2.45) is 0 Å². The summed E-state index contributed by atoms with van der Waals surface area (Å²) in [7, 11) is 0. The quantitative estimate of drug-likeness (QED) is 0.453. The molecule has 0 spiro atoms. The van der Waals surface area contributed by atoms with E-state index in [1.165, 1.54) is 40.4 Å². The van der Waals surface area contributed by atoms with Crippen LogP contribution in [0.3, 0.4) is 0 Å². The maximum atomic E-state index is 14.1. The third kappa shape index (κ3) is 4.42. The lowest BCUT2D eigenvalue weighted by atomic mass is 9.88. The maximum absolute atomic E-state index is 14.1. The Hall–Kier alpha value is -2.54. The van der Waals surface area contributed by atoms with E-state index in [4.69, 9.17) is 4.74 Å². The molecule has 0 radical (unpaired) electrons. The fourth-order valence-corrected chi connectivity index (χ4v) is 6.35. The molecule has 5 rings (SSSR count). The van der Waals surface area contributed by atoms with E-state index in [0.717, 1.165) is 30.7 Å². The van der Waals surface area contributed by atoms with Crippen molar-refractivity contribution >= 4 is 35.7 Å². The fraction of sp³-hybridized carbons (Fsp3) is 0.444. The van der Waals surface area contributed by atoms with Crippen LogP contribution in [0.2, 0.25) is 0 Å². The summed E-state index contributed by atoms with van der Waals surface area (Å²) in [5.41, 5.74) is 2.85. The van der Waals surface area contributed by atoms with Crippen LogP contribution in [0.5, 0.6) is 0 Å². The van der Waals surface area contributed by atoms with Gasteiger partial charge in [0.2, 0.25) is 0 Å². The van der Waals surface area contributed by atoms with Crippen LogP contribution < -0.4 is 4.90 Å². The number of ether oxygens (including phenoxy) is 1. The molecule has 1 fully saturated rings. The van der Waals surface area contributed by atoms with E-state index >= 15 is 0 Å². The average Bonchev–Trinajstić information content (AvgIpc) is 2.92. The van der Waals surface area contributed by atoms with E-state index in [1.54, 1.807) is 6.08 Å². The number of nitrogens with zero attached hydrogens (tertiary/aromatic N) is 2. The number of hydrogen-bond donors (Lipinski definition) is 0. The summed E-state index contributed by atoms with van der Waals surface area (Å²) < 4.78 is 33.9. The lowest BCUT2D eigenvalue weighted by Gasteiger charge is -2.39. The Morgan fingerprint density at radius 2 is 1.91 bits per heavy atom. The minimum absolute atomic E-state index is 0.0326. The van der Waals surface area contributed by atoms with Crippen molar-refractivity contribution in [1.29, 1.82) is 0 Å². The maximum Gasteiger partial charge on any atom is 0.410 e. The molecule has 2 atom stereocenters. The highest BCUT2D eigenvalue weighted by molar-refractivity contribution is 7.99. The van der Waals surface area contributed by atoms with Gasteiger partial charge in [-0.15, -0.1) is 11.8 Å². The molecule has 1 amide bonds. The van der Waals surface area contributed by atoms with Crippen molar-refractivity contribution < 1.29 is 18.3 Å². The average molecular weight is 485 g/mol. The van der Waals surface area contributed by atoms with Gasteiger partial charge in [0.25, 0.3) is 0 Å². The van der Waals surface area contributed by atoms with Crippen LogP contribution >= 0.6 is 11.8 Å². The van der Waals surface area contributed by atoms with Crippen LogP contribution in [-0.4, -0.2) is 48.0 Å². The molecule has 34 heavy (non-hydrogen) atoms. The molecule has 3 heterocycles. The predicted octanol–water partition coefficient (Wildman–Crippen LogP) is 6.54. The number of likely N-dealkylation sites (tertiary alicyclic amines) is 1. The minimum atomic E-state index is -0.573. The van der Waals surface area contributed by atoms with Crippen molar-refractivity contribution in [3.63, 3.8) is 0 Å². The second-order valence-electron chi connectivity index (χ2n) is 10.2. The molecule has 1 saturated heterocycles. The lowest BCUT2D eigenvalue weighted by Crippen LogP contribution is -2.49. The normalized spacial score (nSPS) is 21.9. The first-order valence-corrected chi connectivity index (χ1v) is 12.9. The molecule has 4 nitrogen and oxygen atoms in total. The van der Waals surface area contributed by atoms with Gasteiger partial charge >= 0.3 is 6.09 Å². The third-order valence-corrected chi connectivity index (χ3v) is 7.80. The number of benzene rings is 2. The Labute approximate surface area is 204 Å². The number of carbonyl (C=O) groups is 1. The molecule has 0 saturated carbocycles. The number of halogens is 2. The highest BCUT2D eigenvalue weighted by Crippen LogP contribution is 2.51. The standard InChI is InChI=1S/C27H30F2N2O2S/c1-27(2,3)33-26(32)30-12-10-23-20(16-30)19-14-17(8-9-18-21(28)6-4-7-22(18)29)15-24-25(19)31(23)11-5-13-34-24/h4,6-9,14-15,20,23H,5,10-13,16H2,1-3H3/b9-8+/t20-,23-/m0/s1. The second-order valence-corrected chi connectivity index (χ2v) is 11.3. The molecule has 0 aromatic heterocycles. The molecule has 2 aromatic carbocycles. The highest BCUT2D eigenvalue weighted by Gasteiger charge is 2.45. The Bertz CT molecular complexity index is 1120. The summed E-state index contributed by atoms with van der Waals surface area (Å²) in [6, 6.07) is 8.52. The van der Waals surface area contributed by atoms with E-state index < -0.39 is 17.2 Å². The Balaban J connectivity index is 1.49. The number of hydrogen-bond acceptors (Lipinski definition) is 4. The van der Waals surface area contributed by atoms with Crippen molar-refractivity contribution in [2.75, 3.05) is 30.3 Å². The van der Waals surface area contributed by atoms with E-state index in [1.807, 2.05) is 37.4 Å². The first-order chi connectivity index (χ1) is 16.2. The van der Waals surface area contributed by atoms with Gasteiger partial charge in [0, 0.05) is 42.1 Å². The molecule has 0 aliphatic carbocycles. The zero-order valence-corrected chi connectivity index (χ0v) is 20.6. The predicted molar refractivity (Wildman–Crippen MR) is 133 cm³/mol. The number of anilines is 1. The molecule has 180 valence electrons. The largest absolute Gasteiger partial charge is 0.444 e. The molecule has 2 aromatic rings. The summed E-state index contributed by atoms with van der Waals surface area (Å²) >= 11 is 1.84. The van der Waals surface area contributed by atoms with Gasteiger partial charge in [0.05, 0.1) is 5.69 Å². The SMILES string of the molecule is CC(C)(C)OC(=O)N1CC[C@H]2[C@@H](C1)c1cc(/C=C/c3c(F)cccc3F)cc3c1N2CCCS3. The molecule has 3 aliphatic rings. The third-order valence-electron chi connectivity index (χ3n) is 6.68. The van der Waals surface area contributed by atoms with E-state index in [2.05, 4.69) is 17.0 Å². The van der Waals surface area contributed by atoms with Crippen molar-refractivity contribution in [1.82, 2.24) is 4.90 Å². The smallest absolute Gasteiger partial charge is 0.410 e. The number of carbonyl (C=O) groups excluding carboxylic acids is 1. The number of amides is 1. The molecule has 0 bridgehead atoms. The number of piperidine rings is 1. The summed E-state index contributed by atoms with van der Waals surface area (Å²) in [5.74, 6) is 0.0830. The topological polar surface area (TPSA) is 32.8 Å². The Morgan fingerprint density at radius 3 is 2.65 bits per heavy atom. The van der Waals surface area contributed by atoms with Crippen molar-refractivity contribution in [3.8, 4) is 0 Å². The molecule has 0 N–H and O–H groups in total. The van der Waals surface area contributed by atoms with Crippen LogP contribution in [0.4, 0.5) is 19.3 Å². The first kappa shape index (κ1) is 23.2. The number of fused-ring (bicyclic) bond motifs is 3. The summed E-state index contributed by atoms with van der Waals surface area (Å²) in [6.07, 6.45) is 5.03. The summed E-state index contributed by atoms with van der Waals surface area (Å²) in [5, 5.41) is 0. The molecule has 7 heteroatoms. The highest BCUT2D eigenvalue weighted by atomic mass is 32.2. The van der Waals surface area contributed by atoms with Crippen LogP contribution in [0.15, 0.2) is 35.2 Å². The Morgan fingerprint density at radius 1 is 1.15 bits per heavy atom. The van der Waals surface area contributed by atoms with Crippen molar-refractivity contribution in [2.45, 2.75) is 56.1 Å². The zero-order valence-electron chi connectivity index (χ0n) is 19.8. The van der Waals surface area contributed by atoms with Crippen molar-refractivity contribution in [3.05, 3.63) is 58.7 Å².